The lowest BCUT2D eigenvalue weighted by molar-refractivity contribution is -0.148. The highest BCUT2D eigenvalue weighted by Gasteiger charge is 2.36. The van der Waals surface area contributed by atoms with Crippen LogP contribution >= 0.6 is 0 Å². The summed E-state index contributed by atoms with van der Waals surface area (Å²) in [7, 11) is 1.48. The summed E-state index contributed by atoms with van der Waals surface area (Å²) in [6, 6.07) is 2.57. The molecule has 7 heteroatoms. The van der Waals surface area contributed by atoms with E-state index in [0.29, 0.717) is 37.6 Å². The van der Waals surface area contributed by atoms with E-state index in [1.807, 2.05) is 4.90 Å². The van der Waals surface area contributed by atoms with Gasteiger partial charge in [0.25, 0.3) is 0 Å². The van der Waals surface area contributed by atoms with Crippen molar-refractivity contribution < 1.29 is 17.9 Å². The van der Waals surface area contributed by atoms with Crippen molar-refractivity contribution in [1.82, 2.24) is 15.2 Å². The van der Waals surface area contributed by atoms with E-state index in [1.165, 1.54) is 13.3 Å². The Kier molecular flexibility index (Phi) is 4.82. The molecule has 1 aromatic heterocycles. The second kappa shape index (κ2) is 6.41. The molecule has 0 bridgehead atoms. The highest BCUT2D eigenvalue weighted by atomic mass is 19.4. The van der Waals surface area contributed by atoms with E-state index in [2.05, 4.69) is 10.3 Å². The number of hydrogen-bond donors (Lipinski definition) is 1. The summed E-state index contributed by atoms with van der Waals surface area (Å²) in [5.74, 6) is 0.403. The first-order chi connectivity index (χ1) is 9.49. The number of alkyl halides is 3. The van der Waals surface area contributed by atoms with Crippen molar-refractivity contribution in [3.8, 4) is 5.88 Å². The molecular formula is C13H18F3N3O. The van der Waals surface area contributed by atoms with Gasteiger partial charge in [-0.1, -0.05) is 6.07 Å². The normalized spacial score (nSPS) is 18.8. The van der Waals surface area contributed by atoms with Gasteiger partial charge in [-0.25, -0.2) is 4.98 Å². The topological polar surface area (TPSA) is 37.4 Å². The van der Waals surface area contributed by atoms with Crippen LogP contribution in [0.25, 0.3) is 0 Å². The van der Waals surface area contributed by atoms with E-state index < -0.39 is 18.6 Å². The molecule has 1 saturated heterocycles. The van der Waals surface area contributed by atoms with E-state index in [0.717, 1.165) is 0 Å². The number of methoxy groups -OCH3 is 1. The second-order valence-electron chi connectivity index (χ2n) is 4.75. The SMILES string of the molecule is COc1ccc([C@@H](CC(F)(F)F)N2CCNCC2)cn1. The monoisotopic (exact) mass is 289 g/mol. The van der Waals surface area contributed by atoms with E-state index in [9.17, 15) is 13.2 Å². The minimum Gasteiger partial charge on any atom is -0.481 e. The number of hydrogen-bond acceptors (Lipinski definition) is 4. The molecular weight excluding hydrogens is 271 g/mol. The zero-order valence-electron chi connectivity index (χ0n) is 11.3. The summed E-state index contributed by atoms with van der Waals surface area (Å²) in [6.45, 7) is 2.62. The lowest BCUT2D eigenvalue weighted by atomic mass is 10.0. The second-order valence-corrected chi connectivity index (χ2v) is 4.75. The number of piperazine rings is 1. The number of halogens is 3. The Balaban J connectivity index is 2.19. The predicted molar refractivity (Wildman–Crippen MR) is 68.6 cm³/mol. The molecule has 2 rings (SSSR count). The quantitative estimate of drug-likeness (QED) is 0.920. The average Bonchev–Trinajstić information content (AvgIpc) is 2.45. The smallest absolute Gasteiger partial charge is 0.390 e. The molecule has 1 N–H and O–H groups in total. The van der Waals surface area contributed by atoms with Crippen LogP contribution in [0.1, 0.15) is 18.0 Å². The maximum absolute atomic E-state index is 12.8. The minimum atomic E-state index is -4.20. The summed E-state index contributed by atoms with van der Waals surface area (Å²) in [5.41, 5.74) is 0.574. The van der Waals surface area contributed by atoms with Crippen molar-refractivity contribution in [2.24, 2.45) is 0 Å². The Hall–Kier alpha value is -1.34. The number of rotatable bonds is 4. The van der Waals surface area contributed by atoms with Crippen LogP contribution in [-0.4, -0.2) is 49.3 Å². The summed E-state index contributed by atoms with van der Waals surface area (Å²) in [6.07, 6.45) is -3.59. The molecule has 20 heavy (non-hydrogen) atoms. The van der Waals surface area contributed by atoms with Crippen LogP contribution in [0.3, 0.4) is 0 Å². The Morgan fingerprint density at radius 2 is 2.05 bits per heavy atom. The fraction of sp³-hybridized carbons (Fsp3) is 0.615. The molecule has 1 aliphatic heterocycles. The fourth-order valence-corrected chi connectivity index (χ4v) is 2.38. The van der Waals surface area contributed by atoms with Crippen LogP contribution in [0.5, 0.6) is 5.88 Å². The highest BCUT2D eigenvalue weighted by molar-refractivity contribution is 5.21. The van der Waals surface area contributed by atoms with Crippen molar-refractivity contribution in [3.63, 3.8) is 0 Å². The van der Waals surface area contributed by atoms with Crippen LogP contribution in [0.2, 0.25) is 0 Å². The van der Waals surface area contributed by atoms with Crippen LogP contribution in [0.15, 0.2) is 18.3 Å². The average molecular weight is 289 g/mol. The van der Waals surface area contributed by atoms with Crippen LogP contribution in [0.4, 0.5) is 13.2 Å². The van der Waals surface area contributed by atoms with Crippen molar-refractivity contribution in [1.29, 1.82) is 0 Å². The maximum atomic E-state index is 12.8. The number of ether oxygens (including phenoxy) is 1. The number of pyridine rings is 1. The molecule has 0 aliphatic carbocycles. The first-order valence-corrected chi connectivity index (χ1v) is 6.51. The third-order valence-electron chi connectivity index (χ3n) is 3.37. The standard InChI is InChI=1S/C13H18F3N3O/c1-20-12-3-2-10(9-18-12)11(8-13(14,15)16)19-6-4-17-5-7-19/h2-3,9,11,17H,4-8H2,1H3/t11-/m1/s1. The van der Waals surface area contributed by atoms with Gasteiger partial charge in [0, 0.05) is 44.5 Å². The van der Waals surface area contributed by atoms with Gasteiger partial charge in [-0.15, -0.1) is 0 Å². The third-order valence-corrected chi connectivity index (χ3v) is 3.37. The molecule has 1 aliphatic rings. The van der Waals surface area contributed by atoms with E-state index in [4.69, 9.17) is 4.74 Å². The van der Waals surface area contributed by atoms with Gasteiger partial charge in [0.05, 0.1) is 13.5 Å². The van der Waals surface area contributed by atoms with E-state index >= 15 is 0 Å². The first kappa shape index (κ1) is 15.1. The number of nitrogens with zero attached hydrogens (tertiary/aromatic N) is 2. The van der Waals surface area contributed by atoms with E-state index in [1.54, 1.807) is 12.1 Å². The highest BCUT2D eigenvalue weighted by Crippen LogP contribution is 2.34. The Morgan fingerprint density at radius 3 is 2.55 bits per heavy atom. The van der Waals surface area contributed by atoms with Crippen LogP contribution in [0, 0.1) is 0 Å². The van der Waals surface area contributed by atoms with Gasteiger partial charge < -0.3 is 10.1 Å². The first-order valence-electron chi connectivity index (χ1n) is 6.51. The van der Waals surface area contributed by atoms with Gasteiger partial charge in [0.2, 0.25) is 5.88 Å². The van der Waals surface area contributed by atoms with Gasteiger partial charge in [-0.05, 0) is 5.56 Å². The number of nitrogens with one attached hydrogen (secondary N) is 1. The van der Waals surface area contributed by atoms with Crippen molar-refractivity contribution >= 4 is 0 Å². The molecule has 112 valence electrons. The van der Waals surface area contributed by atoms with Gasteiger partial charge >= 0.3 is 6.18 Å². The predicted octanol–water partition coefficient (Wildman–Crippen LogP) is 1.99. The van der Waals surface area contributed by atoms with Crippen molar-refractivity contribution in [2.75, 3.05) is 33.3 Å². The maximum Gasteiger partial charge on any atom is 0.390 e. The molecule has 0 aromatic carbocycles. The lowest BCUT2D eigenvalue weighted by Gasteiger charge is -2.35. The largest absolute Gasteiger partial charge is 0.481 e. The molecule has 0 unspecified atom stereocenters. The zero-order chi connectivity index (χ0) is 14.6. The lowest BCUT2D eigenvalue weighted by Crippen LogP contribution is -2.46. The molecule has 1 aromatic rings. The van der Waals surface area contributed by atoms with E-state index in [-0.39, 0.29) is 0 Å². The van der Waals surface area contributed by atoms with Gasteiger partial charge in [0.1, 0.15) is 0 Å². The molecule has 1 fully saturated rings. The molecule has 4 nitrogen and oxygen atoms in total. The molecule has 0 saturated carbocycles. The summed E-state index contributed by atoms with van der Waals surface area (Å²) in [5, 5.41) is 3.14. The van der Waals surface area contributed by atoms with Gasteiger partial charge in [0.15, 0.2) is 0 Å². The van der Waals surface area contributed by atoms with Crippen LogP contribution in [-0.2, 0) is 0 Å². The molecule has 1 atom stereocenters. The Bertz CT molecular complexity index is 416. The molecule has 0 amide bonds. The Morgan fingerprint density at radius 1 is 1.35 bits per heavy atom. The van der Waals surface area contributed by atoms with Gasteiger partial charge in [-0.3, -0.25) is 4.90 Å². The Labute approximate surface area is 115 Å². The molecule has 0 spiro atoms. The molecule has 0 radical (unpaired) electrons. The summed E-state index contributed by atoms with van der Waals surface area (Å²) >= 11 is 0. The van der Waals surface area contributed by atoms with Crippen LogP contribution < -0.4 is 10.1 Å². The van der Waals surface area contributed by atoms with Crippen molar-refractivity contribution in [3.05, 3.63) is 23.9 Å². The molecule has 2 heterocycles. The fourth-order valence-electron chi connectivity index (χ4n) is 2.38. The minimum absolute atomic E-state index is 0.403. The summed E-state index contributed by atoms with van der Waals surface area (Å²) in [4.78, 5) is 5.87. The summed E-state index contributed by atoms with van der Waals surface area (Å²) < 4.78 is 43.4. The number of aromatic nitrogens is 1. The van der Waals surface area contributed by atoms with Crippen molar-refractivity contribution in [2.45, 2.75) is 18.6 Å². The third kappa shape index (κ3) is 4.08. The van der Waals surface area contributed by atoms with Gasteiger partial charge in [-0.2, -0.15) is 13.2 Å². The zero-order valence-corrected chi connectivity index (χ0v) is 11.3.